The van der Waals surface area contributed by atoms with E-state index in [-0.39, 0.29) is 13.2 Å². The van der Waals surface area contributed by atoms with Crippen LogP contribution in [0.25, 0.3) is 0 Å². The van der Waals surface area contributed by atoms with E-state index in [2.05, 4.69) is 10.1 Å². The number of aliphatic hydroxyl groups excluding tert-OH is 2. The van der Waals surface area contributed by atoms with Crippen molar-refractivity contribution < 1.29 is 10.2 Å². The third kappa shape index (κ3) is 2.63. The van der Waals surface area contributed by atoms with Gasteiger partial charge in [-0.2, -0.15) is 5.10 Å². The summed E-state index contributed by atoms with van der Waals surface area (Å²) in [6, 6.07) is 7.20. The molecule has 2 N–H and O–H groups in total. The number of rotatable bonds is 5. The molecule has 102 valence electrons. The van der Waals surface area contributed by atoms with Crippen LogP contribution in [0.2, 0.25) is 5.02 Å². The van der Waals surface area contributed by atoms with Crippen LogP contribution in [0, 0.1) is 0 Å². The maximum atomic E-state index is 9.77. The molecular weight excluding hydrogens is 266 g/mol. The molecule has 0 radical (unpaired) electrons. The summed E-state index contributed by atoms with van der Waals surface area (Å²) in [6.45, 7) is -0.444. The van der Waals surface area contributed by atoms with Crippen molar-refractivity contribution in [3.8, 4) is 0 Å². The van der Waals surface area contributed by atoms with Gasteiger partial charge in [-0.3, -0.25) is 4.68 Å². The minimum atomic E-state index is -0.862. The Hall–Kier alpha value is -1.43. The molecule has 0 fully saturated rings. The van der Waals surface area contributed by atoms with Gasteiger partial charge in [-0.05, 0) is 11.6 Å². The Kier molecular flexibility index (Phi) is 4.19. The summed E-state index contributed by atoms with van der Waals surface area (Å²) in [5.74, 6) is 0.683. The second-order valence-electron chi connectivity index (χ2n) is 4.55. The molecule has 2 aromatic rings. The lowest BCUT2D eigenvalue weighted by Crippen LogP contribution is -2.38. The third-order valence-corrected chi connectivity index (χ3v) is 3.68. The highest BCUT2D eigenvalue weighted by atomic mass is 35.5. The number of aromatic nitrogens is 3. The molecule has 0 bridgehead atoms. The van der Waals surface area contributed by atoms with Crippen molar-refractivity contribution in [2.45, 2.75) is 11.8 Å². The SMILES string of the molecule is Cn1ncnc1CC(CO)(CO)c1ccccc1Cl. The first-order valence-electron chi connectivity index (χ1n) is 5.92. The molecular formula is C13H16ClN3O2. The van der Waals surface area contributed by atoms with Gasteiger partial charge in [-0.15, -0.1) is 0 Å². The van der Waals surface area contributed by atoms with Crippen LogP contribution in [0.15, 0.2) is 30.6 Å². The molecule has 0 aliphatic rings. The molecule has 0 amide bonds. The molecule has 19 heavy (non-hydrogen) atoms. The summed E-state index contributed by atoms with van der Waals surface area (Å²) < 4.78 is 1.62. The summed E-state index contributed by atoms with van der Waals surface area (Å²) in [7, 11) is 1.77. The monoisotopic (exact) mass is 281 g/mol. The van der Waals surface area contributed by atoms with Crippen molar-refractivity contribution in [2.75, 3.05) is 13.2 Å². The Morgan fingerprint density at radius 2 is 1.95 bits per heavy atom. The van der Waals surface area contributed by atoms with Gasteiger partial charge in [0.15, 0.2) is 0 Å². The largest absolute Gasteiger partial charge is 0.395 e. The summed E-state index contributed by atoms with van der Waals surface area (Å²) >= 11 is 6.18. The average molecular weight is 282 g/mol. The van der Waals surface area contributed by atoms with E-state index >= 15 is 0 Å². The van der Waals surface area contributed by atoms with E-state index in [1.807, 2.05) is 18.2 Å². The third-order valence-electron chi connectivity index (χ3n) is 3.35. The van der Waals surface area contributed by atoms with E-state index < -0.39 is 5.41 Å². The van der Waals surface area contributed by atoms with Gasteiger partial charge >= 0.3 is 0 Å². The minimum absolute atomic E-state index is 0.222. The van der Waals surface area contributed by atoms with Gasteiger partial charge in [0, 0.05) is 18.5 Å². The molecule has 0 saturated carbocycles. The zero-order valence-electron chi connectivity index (χ0n) is 10.6. The van der Waals surface area contributed by atoms with E-state index in [4.69, 9.17) is 11.6 Å². The highest BCUT2D eigenvalue weighted by Crippen LogP contribution is 2.32. The first-order valence-corrected chi connectivity index (χ1v) is 6.30. The molecule has 5 nitrogen and oxygen atoms in total. The quantitative estimate of drug-likeness (QED) is 0.855. The summed E-state index contributed by atoms with van der Waals surface area (Å²) in [6.07, 6.45) is 1.81. The van der Waals surface area contributed by atoms with Gasteiger partial charge < -0.3 is 10.2 Å². The van der Waals surface area contributed by atoms with Crippen LogP contribution in [0.1, 0.15) is 11.4 Å². The van der Waals surface area contributed by atoms with Crippen molar-refractivity contribution in [2.24, 2.45) is 7.05 Å². The first kappa shape index (κ1) is 14.0. The van der Waals surface area contributed by atoms with Crippen LogP contribution < -0.4 is 0 Å². The number of nitrogens with zero attached hydrogens (tertiary/aromatic N) is 3. The molecule has 0 spiro atoms. The Morgan fingerprint density at radius 3 is 2.47 bits per heavy atom. The molecule has 0 saturated heterocycles. The smallest absolute Gasteiger partial charge is 0.138 e. The molecule has 1 heterocycles. The minimum Gasteiger partial charge on any atom is -0.395 e. The van der Waals surface area contributed by atoms with Gasteiger partial charge in [-0.25, -0.2) is 4.98 Å². The maximum Gasteiger partial charge on any atom is 0.138 e. The predicted octanol–water partition coefficient (Wildman–Crippen LogP) is 0.934. The molecule has 0 unspecified atom stereocenters. The Bertz CT molecular complexity index is 552. The zero-order valence-corrected chi connectivity index (χ0v) is 11.4. The lowest BCUT2D eigenvalue weighted by atomic mass is 9.78. The molecule has 1 aromatic heterocycles. The van der Waals surface area contributed by atoms with E-state index in [9.17, 15) is 10.2 Å². The number of halogens is 1. The second-order valence-corrected chi connectivity index (χ2v) is 4.96. The topological polar surface area (TPSA) is 71.2 Å². The standard InChI is InChI=1S/C13H16ClN3O2/c1-17-12(15-9-16-17)6-13(7-18,8-19)10-4-2-3-5-11(10)14/h2-5,9,18-19H,6-8H2,1H3. The normalized spacial score (nSPS) is 11.8. The number of benzene rings is 1. The molecule has 0 atom stereocenters. The van der Waals surface area contributed by atoms with Gasteiger partial charge in [0.1, 0.15) is 12.2 Å². The van der Waals surface area contributed by atoms with Gasteiger partial charge in [0.2, 0.25) is 0 Å². The number of aliphatic hydroxyl groups is 2. The number of hydrogen-bond acceptors (Lipinski definition) is 4. The molecule has 2 rings (SSSR count). The highest BCUT2D eigenvalue weighted by Gasteiger charge is 2.34. The lowest BCUT2D eigenvalue weighted by Gasteiger charge is -2.30. The zero-order chi connectivity index (χ0) is 13.9. The van der Waals surface area contributed by atoms with Crippen LogP contribution in [-0.2, 0) is 18.9 Å². The summed E-state index contributed by atoms with van der Waals surface area (Å²) in [5, 5.41) is 24.1. The van der Waals surface area contributed by atoms with E-state index in [1.165, 1.54) is 6.33 Å². The summed E-state index contributed by atoms with van der Waals surface area (Å²) in [4.78, 5) is 4.14. The Balaban J connectivity index is 2.44. The number of hydrogen-bond donors (Lipinski definition) is 2. The predicted molar refractivity (Wildman–Crippen MR) is 72.0 cm³/mol. The molecule has 0 aliphatic heterocycles. The highest BCUT2D eigenvalue weighted by molar-refractivity contribution is 6.31. The lowest BCUT2D eigenvalue weighted by molar-refractivity contribution is 0.114. The van der Waals surface area contributed by atoms with Crippen LogP contribution in [-0.4, -0.2) is 38.2 Å². The number of aryl methyl sites for hydroxylation is 1. The molecule has 1 aromatic carbocycles. The van der Waals surface area contributed by atoms with E-state index in [0.717, 1.165) is 0 Å². The van der Waals surface area contributed by atoms with Crippen molar-refractivity contribution in [3.05, 3.63) is 47.0 Å². The first-order chi connectivity index (χ1) is 9.13. The van der Waals surface area contributed by atoms with Gasteiger partial charge in [0.25, 0.3) is 0 Å². The van der Waals surface area contributed by atoms with Gasteiger partial charge in [-0.1, -0.05) is 29.8 Å². The van der Waals surface area contributed by atoms with Gasteiger partial charge in [0.05, 0.1) is 18.6 Å². The van der Waals surface area contributed by atoms with Crippen molar-refractivity contribution in [3.63, 3.8) is 0 Å². The van der Waals surface area contributed by atoms with Crippen molar-refractivity contribution in [1.29, 1.82) is 0 Å². The van der Waals surface area contributed by atoms with Crippen LogP contribution in [0.4, 0.5) is 0 Å². The Morgan fingerprint density at radius 1 is 1.26 bits per heavy atom. The fourth-order valence-corrected chi connectivity index (χ4v) is 2.44. The van der Waals surface area contributed by atoms with Crippen LogP contribution in [0.5, 0.6) is 0 Å². The fraction of sp³-hybridized carbons (Fsp3) is 0.385. The molecule has 6 heteroatoms. The van der Waals surface area contributed by atoms with Crippen LogP contribution in [0.3, 0.4) is 0 Å². The second kappa shape index (κ2) is 5.69. The average Bonchev–Trinajstić information content (AvgIpc) is 2.82. The van der Waals surface area contributed by atoms with Crippen molar-refractivity contribution >= 4 is 11.6 Å². The van der Waals surface area contributed by atoms with Crippen molar-refractivity contribution in [1.82, 2.24) is 14.8 Å². The molecule has 0 aliphatic carbocycles. The Labute approximate surface area is 116 Å². The maximum absolute atomic E-state index is 9.77. The summed E-state index contributed by atoms with van der Waals surface area (Å²) in [5.41, 5.74) is -0.149. The van der Waals surface area contributed by atoms with E-state index in [0.29, 0.717) is 22.8 Å². The van der Waals surface area contributed by atoms with Crippen LogP contribution >= 0.6 is 11.6 Å². The van der Waals surface area contributed by atoms with E-state index in [1.54, 1.807) is 17.8 Å². The fourth-order valence-electron chi connectivity index (χ4n) is 2.10.